The molecule has 146 valence electrons. The number of hydrogen-bond donors (Lipinski definition) is 3. The van der Waals surface area contributed by atoms with Gasteiger partial charge in [0.1, 0.15) is 11.9 Å². The highest BCUT2D eigenvalue weighted by Crippen LogP contribution is 2.35. The topological polar surface area (TPSA) is 114 Å². The number of phenolic OH excluding ortho intramolecular Hbond substituents is 1. The van der Waals surface area contributed by atoms with Crippen LogP contribution in [-0.2, 0) is 9.53 Å². The first-order chi connectivity index (χ1) is 13.4. The van der Waals surface area contributed by atoms with Crippen LogP contribution in [0.5, 0.6) is 17.2 Å². The number of amides is 1. The minimum absolute atomic E-state index is 0.0604. The van der Waals surface area contributed by atoms with E-state index in [1.807, 2.05) is 0 Å². The summed E-state index contributed by atoms with van der Waals surface area (Å²) in [7, 11) is 0. The number of ether oxygens (including phenoxy) is 3. The Morgan fingerprint density at radius 2 is 2.00 bits per heavy atom. The fraction of sp³-hybridized carbons (Fsp3) is 0.158. The van der Waals surface area contributed by atoms with Gasteiger partial charge < -0.3 is 24.4 Å². The molecule has 2 aromatic rings. The van der Waals surface area contributed by atoms with E-state index in [-0.39, 0.29) is 19.0 Å². The molecular formula is C19H16BrNO7. The number of aliphatic carboxylic acids is 1. The zero-order valence-electron chi connectivity index (χ0n) is 14.4. The number of carboxylic acids is 1. The van der Waals surface area contributed by atoms with Gasteiger partial charge in [0.2, 0.25) is 6.79 Å². The number of fused-ring (bicyclic) bond motifs is 1. The highest BCUT2D eigenvalue weighted by Gasteiger charge is 2.21. The van der Waals surface area contributed by atoms with Crippen LogP contribution in [-0.4, -0.2) is 29.1 Å². The molecule has 0 unspecified atom stereocenters. The molecule has 3 N–H and O–H groups in total. The molecule has 0 aliphatic carbocycles. The maximum Gasteiger partial charge on any atom is 0.412 e. The third-order valence-corrected chi connectivity index (χ3v) is 4.31. The van der Waals surface area contributed by atoms with Crippen LogP contribution in [0.25, 0.3) is 0 Å². The summed E-state index contributed by atoms with van der Waals surface area (Å²) in [5, 5.41) is 21.5. The first-order valence-corrected chi connectivity index (χ1v) is 8.97. The molecule has 0 saturated carbocycles. The SMILES string of the molecule is O=C(O)/C=C/C[C@H](OC(=O)Nc1ccc2c(c1)OCO2)c1cc(Br)ccc1O. The molecule has 28 heavy (non-hydrogen) atoms. The van der Waals surface area contributed by atoms with Gasteiger partial charge in [0, 0.05) is 34.3 Å². The van der Waals surface area contributed by atoms with Crippen molar-refractivity contribution in [1.82, 2.24) is 0 Å². The molecule has 9 heteroatoms. The molecule has 2 aromatic carbocycles. The number of halogens is 1. The normalized spacial score (nSPS) is 13.3. The molecular weight excluding hydrogens is 434 g/mol. The molecule has 1 aliphatic heterocycles. The summed E-state index contributed by atoms with van der Waals surface area (Å²) in [5.41, 5.74) is 0.776. The molecule has 3 rings (SSSR count). The van der Waals surface area contributed by atoms with Crippen LogP contribution >= 0.6 is 15.9 Å². The minimum atomic E-state index is -1.12. The van der Waals surface area contributed by atoms with Gasteiger partial charge in [0.05, 0.1) is 0 Å². The second-order valence-corrected chi connectivity index (χ2v) is 6.68. The monoisotopic (exact) mass is 449 g/mol. The number of anilines is 1. The predicted octanol–water partition coefficient (Wildman–Crippen LogP) is 4.20. The van der Waals surface area contributed by atoms with E-state index < -0.39 is 18.2 Å². The second kappa shape index (κ2) is 8.66. The van der Waals surface area contributed by atoms with E-state index in [1.165, 1.54) is 12.1 Å². The number of carboxylic acid groups (broad SMARTS) is 1. The van der Waals surface area contributed by atoms with Crippen molar-refractivity contribution in [1.29, 1.82) is 0 Å². The van der Waals surface area contributed by atoms with Crippen molar-refractivity contribution in [3.63, 3.8) is 0 Å². The van der Waals surface area contributed by atoms with Gasteiger partial charge in [-0.1, -0.05) is 22.0 Å². The molecule has 0 fully saturated rings. The minimum Gasteiger partial charge on any atom is -0.508 e. The van der Waals surface area contributed by atoms with Gasteiger partial charge in [-0.2, -0.15) is 0 Å². The summed E-state index contributed by atoms with van der Waals surface area (Å²) < 4.78 is 16.6. The van der Waals surface area contributed by atoms with Crippen LogP contribution in [0.4, 0.5) is 10.5 Å². The van der Waals surface area contributed by atoms with E-state index in [0.29, 0.717) is 27.2 Å². The molecule has 8 nitrogen and oxygen atoms in total. The number of benzene rings is 2. The Balaban J connectivity index is 1.75. The number of nitrogens with one attached hydrogen (secondary N) is 1. The fourth-order valence-corrected chi connectivity index (χ4v) is 2.94. The molecule has 1 amide bonds. The van der Waals surface area contributed by atoms with Gasteiger partial charge in [0.15, 0.2) is 11.5 Å². The summed E-state index contributed by atoms with van der Waals surface area (Å²) in [6.45, 7) is 0.114. The van der Waals surface area contributed by atoms with E-state index in [0.717, 1.165) is 6.08 Å². The van der Waals surface area contributed by atoms with Crippen molar-refractivity contribution in [3.05, 3.63) is 58.6 Å². The molecule has 1 heterocycles. The Morgan fingerprint density at radius 3 is 2.79 bits per heavy atom. The average molecular weight is 450 g/mol. The Hall–Kier alpha value is -3.20. The first kappa shape index (κ1) is 19.6. The van der Waals surface area contributed by atoms with Gasteiger partial charge in [-0.05, 0) is 30.3 Å². The van der Waals surface area contributed by atoms with Crippen LogP contribution in [0, 0.1) is 0 Å². The van der Waals surface area contributed by atoms with Gasteiger partial charge in [-0.25, -0.2) is 9.59 Å². The maximum atomic E-state index is 12.4. The molecule has 1 aliphatic rings. The van der Waals surface area contributed by atoms with Crippen LogP contribution < -0.4 is 14.8 Å². The number of rotatable bonds is 6. The van der Waals surface area contributed by atoms with Crippen molar-refractivity contribution in [3.8, 4) is 17.2 Å². The number of phenols is 1. The molecule has 0 bridgehead atoms. The lowest BCUT2D eigenvalue weighted by Gasteiger charge is -2.19. The summed E-state index contributed by atoms with van der Waals surface area (Å²) in [6, 6.07) is 9.57. The van der Waals surface area contributed by atoms with Gasteiger partial charge in [0.25, 0.3) is 0 Å². The van der Waals surface area contributed by atoms with Crippen molar-refractivity contribution < 1.29 is 34.0 Å². The zero-order chi connectivity index (χ0) is 20.1. The summed E-state index contributed by atoms with van der Waals surface area (Å²) >= 11 is 3.30. The van der Waals surface area contributed by atoms with Crippen LogP contribution in [0.3, 0.4) is 0 Å². The summed E-state index contributed by atoms with van der Waals surface area (Å²) in [6.07, 6.45) is 0.682. The van der Waals surface area contributed by atoms with Gasteiger partial charge in [-0.3, -0.25) is 5.32 Å². The largest absolute Gasteiger partial charge is 0.508 e. The smallest absolute Gasteiger partial charge is 0.412 e. The Kier molecular flexibility index (Phi) is 6.05. The first-order valence-electron chi connectivity index (χ1n) is 8.17. The van der Waals surface area contributed by atoms with Gasteiger partial charge >= 0.3 is 12.1 Å². The van der Waals surface area contributed by atoms with Crippen molar-refractivity contribution in [2.45, 2.75) is 12.5 Å². The van der Waals surface area contributed by atoms with Crippen LogP contribution in [0.2, 0.25) is 0 Å². The van der Waals surface area contributed by atoms with Crippen molar-refractivity contribution >= 4 is 33.7 Å². The summed E-state index contributed by atoms with van der Waals surface area (Å²) in [4.78, 5) is 23.1. The molecule has 0 radical (unpaired) electrons. The molecule has 1 atom stereocenters. The Morgan fingerprint density at radius 1 is 1.21 bits per heavy atom. The van der Waals surface area contributed by atoms with E-state index >= 15 is 0 Å². The number of carbonyl (C=O) groups is 2. The van der Waals surface area contributed by atoms with E-state index in [2.05, 4.69) is 21.2 Å². The van der Waals surface area contributed by atoms with Crippen molar-refractivity contribution in [2.75, 3.05) is 12.1 Å². The molecule has 0 aromatic heterocycles. The Bertz CT molecular complexity index is 928. The second-order valence-electron chi connectivity index (χ2n) is 5.77. The van der Waals surface area contributed by atoms with E-state index in [1.54, 1.807) is 30.3 Å². The number of aromatic hydroxyl groups is 1. The lowest BCUT2D eigenvalue weighted by Crippen LogP contribution is -2.17. The van der Waals surface area contributed by atoms with E-state index in [9.17, 15) is 14.7 Å². The standard InChI is InChI=1S/C19H16BrNO7/c20-11-4-6-14(22)13(8-11)15(2-1-3-18(23)24)28-19(25)21-12-5-7-16-17(9-12)27-10-26-16/h1,3-9,15,22H,2,10H2,(H,21,25)(H,23,24)/b3-1+/t15-/m0/s1. The number of hydrogen-bond acceptors (Lipinski definition) is 6. The van der Waals surface area contributed by atoms with Crippen LogP contribution in [0.15, 0.2) is 53.0 Å². The lowest BCUT2D eigenvalue weighted by molar-refractivity contribution is -0.131. The molecule has 0 spiro atoms. The predicted molar refractivity (Wildman–Crippen MR) is 103 cm³/mol. The average Bonchev–Trinajstić information content (AvgIpc) is 3.10. The Labute approximate surface area is 168 Å². The van der Waals surface area contributed by atoms with Crippen molar-refractivity contribution in [2.24, 2.45) is 0 Å². The third kappa shape index (κ3) is 4.95. The zero-order valence-corrected chi connectivity index (χ0v) is 16.0. The lowest BCUT2D eigenvalue weighted by atomic mass is 10.1. The third-order valence-electron chi connectivity index (χ3n) is 3.82. The quantitative estimate of drug-likeness (QED) is 0.565. The highest BCUT2D eigenvalue weighted by atomic mass is 79.9. The van der Waals surface area contributed by atoms with Crippen LogP contribution in [0.1, 0.15) is 18.1 Å². The fourth-order valence-electron chi connectivity index (χ4n) is 2.57. The molecule has 0 saturated heterocycles. The summed E-state index contributed by atoms with van der Waals surface area (Å²) in [5.74, 6) is -0.118. The van der Waals surface area contributed by atoms with E-state index in [4.69, 9.17) is 19.3 Å². The maximum absolute atomic E-state index is 12.4. The highest BCUT2D eigenvalue weighted by molar-refractivity contribution is 9.10. The van der Waals surface area contributed by atoms with Gasteiger partial charge in [-0.15, -0.1) is 0 Å². The number of carbonyl (C=O) groups excluding carboxylic acids is 1.